The van der Waals surface area contributed by atoms with Gasteiger partial charge in [-0.15, -0.1) is 0 Å². The molecule has 1 aromatic rings. The summed E-state index contributed by atoms with van der Waals surface area (Å²) >= 11 is 12.6. The summed E-state index contributed by atoms with van der Waals surface area (Å²) in [5.74, 6) is 2.05. The van der Waals surface area contributed by atoms with Crippen molar-refractivity contribution in [3.05, 3.63) is 21.7 Å². The van der Waals surface area contributed by atoms with Crippen LogP contribution in [0.15, 0.2) is 0 Å². The van der Waals surface area contributed by atoms with Crippen LogP contribution in [0.25, 0.3) is 0 Å². The van der Waals surface area contributed by atoms with Crippen LogP contribution in [0.4, 0.5) is 0 Å². The monoisotopic (exact) mass is 328 g/mol. The van der Waals surface area contributed by atoms with Crippen LogP contribution < -0.4 is 0 Å². The first-order chi connectivity index (χ1) is 9.82. The van der Waals surface area contributed by atoms with Crippen LogP contribution in [0, 0.1) is 11.3 Å². The van der Waals surface area contributed by atoms with E-state index in [9.17, 15) is 0 Å². The van der Waals surface area contributed by atoms with Gasteiger partial charge >= 0.3 is 0 Å². The zero-order valence-corrected chi connectivity index (χ0v) is 15.1. The first kappa shape index (κ1) is 17.0. The molecule has 0 aromatic carbocycles. The number of hydrogen-bond donors (Lipinski definition) is 0. The number of hydrogen-bond acceptors (Lipinski definition) is 2. The zero-order chi connectivity index (χ0) is 15.6. The molecule has 2 rings (SSSR count). The van der Waals surface area contributed by atoms with Crippen molar-refractivity contribution in [2.45, 2.75) is 72.1 Å². The lowest BCUT2D eigenvalue weighted by molar-refractivity contribution is 0.167. The minimum absolute atomic E-state index is 0.395. The summed E-state index contributed by atoms with van der Waals surface area (Å²) in [4.78, 5) is 9.07. The summed E-state index contributed by atoms with van der Waals surface area (Å²) < 4.78 is 0. The molecular formula is C17H26Cl2N2. The van der Waals surface area contributed by atoms with E-state index in [-0.39, 0.29) is 0 Å². The molecule has 1 aromatic heterocycles. The van der Waals surface area contributed by atoms with Crippen molar-refractivity contribution in [3.8, 4) is 0 Å². The summed E-state index contributed by atoms with van der Waals surface area (Å²) in [6.45, 7) is 9.11. The second-order valence-corrected chi connectivity index (χ2v) is 8.02. The largest absolute Gasteiger partial charge is 0.221 e. The van der Waals surface area contributed by atoms with Crippen molar-refractivity contribution in [1.29, 1.82) is 0 Å². The van der Waals surface area contributed by atoms with Gasteiger partial charge in [0, 0.05) is 11.5 Å². The Bertz CT molecular complexity index is 463. The van der Waals surface area contributed by atoms with Crippen LogP contribution in [0.2, 0.25) is 10.3 Å². The van der Waals surface area contributed by atoms with Crippen LogP contribution in [-0.2, 0) is 6.42 Å². The van der Waals surface area contributed by atoms with E-state index in [2.05, 4.69) is 37.7 Å². The Labute approximate surface area is 138 Å². The highest BCUT2D eigenvalue weighted by Gasteiger charge is 2.31. The van der Waals surface area contributed by atoms with Crippen molar-refractivity contribution in [1.82, 2.24) is 9.97 Å². The van der Waals surface area contributed by atoms with Crippen LogP contribution in [0.5, 0.6) is 0 Å². The van der Waals surface area contributed by atoms with Gasteiger partial charge < -0.3 is 0 Å². The Kier molecular flexibility index (Phi) is 5.54. The van der Waals surface area contributed by atoms with E-state index in [1.807, 2.05) is 0 Å². The van der Waals surface area contributed by atoms with Gasteiger partial charge in [-0.25, -0.2) is 9.97 Å². The summed E-state index contributed by atoms with van der Waals surface area (Å²) in [6, 6.07) is 0. The quantitative estimate of drug-likeness (QED) is 0.630. The first-order valence-electron chi connectivity index (χ1n) is 8.04. The molecule has 1 aliphatic carbocycles. The Hall–Kier alpha value is -0.340. The van der Waals surface area contributed by atoms with E-state index < -0.39 is 0 Å². The number of aromatic nitrogens is 2. The van der Waals surface area contributed by atoms with Crippen molar-refractivity contribution in [3.63, 3.8) is 0 Å². The summed E-state index contributed by atoms with van der Waals surface area (Å²) in [5.41, 5.74) is 1.29. The Morgan fingerprint density at radius 3 is 1.95 bits per heavy atom. The summed E-state index contributed by atoms with van der Waals surface area (Å²) in [5, 5.41) is 1.09. The topological polar surface area (TPSA) is 25.8 Å². The van der Waals surface area contributed by atoms with Crippen molar-refractivity contribution >= 4 is 23.2 Å². The Morgan fingerprint density at radius 1 is 1.00 bits per heavy atom. The molecule has 0 spiro atoms. The average molecular weight is 329 g/mol. The molecule has 0 unspecified atom stereocenters. The third-order valence-corrected chi connectivity index (χ3v) is 5.37. The molecule has 118 valence electrons. The van der Waals surface area contributed by atoms with Crippen LogP contribution in [0.3, 0.4) is 0 Å². The maximum atomic E-state index is 6.30. The minimum Gasteiger partial charge on any atom is -0.221 e. The Morgan fingerprint density at radius 2 is 1.52 bits per heavy atom. The first-order valence-corrected chi connectivity index (χ1v) is 8.80. The normalized spacial score (nSPS) is 23.3. The highest BCUT2D eigenvalue weighted by Crippen LogP contribution is 2.42. The molecule has 0 N–H and O–H groups in total. The highest BCUT2D eigenvalue weighted by molar-refractivity contribution is 6.34. The summed E-state index contributed by atoms with van der Waals surface area (Å²) in [7, 11) is 0. The fourth-order valence-corrected chi connectivity index (χ4v) is 3.89. The van der Waals surface area contributed by atoms with Crippen molar-refractivity contribution < 1.29 is 0 Å². The van der Waals surface area contributed by atoms with E-state index >= 15 is 0 Å². The second-order valence-electron chi connectivity index (χ2n) is 7.31. The molecule has 0 atom stereocenters. The second kappa shape index (κ2) is 6.83. The van der Waals surface area contributed by atoms with E-state index in [0.29, 0.717) is 21.6 Å². The molecule has 0 bridgehead atoms. The molecule has 1 heterocycles. The van der Waals surface area contributed by atoms with E-state index in [4.69, 9.17) is 23.2 Å². The fourth-order valence-electron chi connectivity index (χ4n) is 3.30. The minimum atomic E-state index is 0.395. The van der Waals surface area contributed by atoms with Gasteiger partial charge in [-0.1, -0.05) is 57.3 Å². The molecule has 0 saturated heterocycles. The molecule has 1 fully saturated rings. The van der Waals surface area contributed by atoms with Gasteiger partial charge in [-0.05, 0) is 43.4 Å². The SMILES string of the molecule is CCCc1c(Cl)nc(C2CCC(C(C)(C)C)CC2)nc1Cl. The predicted molar refractivity (Wildman–Crippen MR) is 90.2 cm³/mol. The van der Waals surface area contributed by atoms with E-state index in [1.54, 1.807) is 0 Å². The van der Waals surface area contributed by atoms with Crippen LogP contribution >= 0.6 is 23.2 Å². The van der Waals surface area contributed by atoms with Crippen molar-refractivity contribution in [2.24, 2.45) is 11.3 Å². The zero-order valence-electron chi connectivity index (χ0n) is 13.5. The maximum Gasteiger partial charge on any atom is 0.137 e. The smallest absolute Gasteiger partial charge is 0.137 e. The molecule has 21 heavy (non-hydrogen) atoms. The molecule has 4 heteroatoms. The number of rotatable bonds is 3. The molecule has 0 aliphatic heterocycles. The van der Waals surface area contributed by atoms with E-state index in [0.717, 1.165) is 43.0 Å². The molecule has 1 aliphatic rings. The molecule has 0 amide bonds. The summed E-state index contributed by atoms with van der Waals surface area (Å²) in [6.07, 6.45) is 6.60. The van der Waals surface area contributed by atoms with Crippen molar-refractivity contribution in [2.75, 3.05) is 0 Å². The van der Waals surface area contributed by atoms with Crippen LogP contribution in [0.1, 0.15) is 77.1 Å². The van der Waals surface area contributed by atoms with Gasteiger partial charge in [0.25, 0.3) is 0 Å². The fraction of sp³-hybridized carbons (Fsp3) is 0.765. The molecular weight excluding hydrogens is 303 g/mol. The van der Waals surface area contributed by atoms with E-state index in [1.165, 1.54) is 12.8 Å². The number of halogens is 2. The van der Waals surface area contributed by atoms with Gasteiger partial charge in [-0.2, -0.15) is 0 Å². The van der Waals surface area contributed by atoms with Gasteiger partial charge in [0.05, 0.1) is 0 Å². The molecule has 0 radical (unpaired) electrons. The van der Waals surface area contributed by atoms with Crippen LogP contribution in [-0.4, -0.2) is 9.97 Å². The average Bonchev–Trinajstić information content (AvgIpc) is 2.42. The molecule has 2 nitrogen and oxygen atoms in total. The Balaban J connectivity index is 2.11. The van der Waals surface area contributed by atoms with Gasteiger partial charge in [0.2, 0.25) is 0 Å². The lowest BCUT2D eigenvalue weighted by Gasteiger charge is -2.36. The third-order valence-electron chi connectivity index (χ3n) is 4.74. The lowest BCUT2D eigenvalue weighted by Crippen LogP contribution is -2.25. The van der Waals surface area contributed by atoms with Gasteiger partial charge in [-0.3, -0.25) is 0 Å². The predicted octanol–water partition coefficient (Wildman–Crippen LogP) is 6.06. The number of nitrogens with zero attached hydrogens (tertiary/aromatic N) is 2. The molecule has 1 saturated carbocycles. The third kappa shape index (κ3) is 4.10. The standard InChI is InChI=1S/C17H26Cl2N2/c1-5-6-13-14(18)20-16(21-15(13)19)11-7-9-12(10-8-11)17(2,3)4/h11-12H,5-10H2,1-4H3. The lowest BCUT2D eigenvalue weighted by atomic mass is 9.70. The maximum absolute atomic E-state index is 6.30. The highest BCUT2D eigenvalue weighted by atomic mass is 35.5. The van der Waals surface area contributed by atoms with Gasteiger partial charge in [0.15, 0.2) is 0 Å². The van der Waals surface area contributed by atoms with Gasteiger partial charge in [0.1, 0.15) is 16.1 Å².